The summed E-state index contributed by atoms with van der Waals surface area (Å²) < 4.78 is 0. The molecule has 0 bridgehead atoms. The van der Waals surface area contributed by atoms with Gasteiger partial charge in [0.15, 0.2) is 0 Å². The van der Waals surface area contributed by atoms with E-state index in [0.29, 0.717) is 17.8 Å². The SMILES string of the molecule is CCC1CCC(C(C)(N)CC(C)(C)C(/C=C\C(C)C)CC)C(C)C1. The third kappa shape index (κ3) is 5.90. The number of hydrogen-bond acceptors (Lipinski definition) is 1. The van der Waals surface area contributed by atoms with Crippen molar-refractivity contribution in [1.82, 2.24) is 0 Å². The molecule has 0 aliphatic heterocycles. The number of nitrogens with two attached hydrogens (primary N) is 1. The van der Waals surface area contributed by atoms with Crippen LogP contribution in [-0.2, 0) is 0 Å². The Morgan fingerprint density at radius 2 is 1.71 bits per heavy atom. The zero-order valence-electron chi connectivity index (χ0n) is 17.9. The molecule has 5 unspecified atom stereocenters. The normalized spacial score (nSPS) is 29.8. The Bertz CT molecular complexity index is 391. The van der Waals surface area contributed by atoms with Crippen LogP contribution >= 0.6 is 0 Å². The highest BCUT2D eigenvalue weighted by Crippen LogP contribution is 2.46. The van der Waals surface area contributed by atoms with E-state index in [2.05, 4.69) is 67.5 Å². The van der Waals surface area contributed by atoms with Crippen molar-refractivity contribution in [3.63, 3.8) is 0 Å². The van der Waals surface area contributed by atoms with Crippen LogP contribution in [0.4, 0.5) is 0 Å². The predicted octanol–water partition coefficient (Wildman–Crippen LogP) is 6.82. The smallest absolute Gasteiger partial charge is 0.0162 e. The third-order valence-electron chi connectivity index (χ3n) is 6.71. The Kier molecular flexibility index (Phi) is 8.04. The van der Waals surface area contributed by atoms with Gasteiger partial charge in [-0.2, -0.15) is 0 Å². The number of rotatable bonds is 8. The second-order valence-corrected chi connectivity index (χ2v) is 9.99. The largest absolute Gasteiger partial charge is 0.325 e. The van der Waals surface area contributed by atoms with Gasteiger partial charge < -0.3 is 5.73 Å². The van der Waals surface area contributed by atoms with E-state index in [-0.39, 0.29) is 11.0 Å². The molecule has 1 saturated carbocycles. The highest BCUT2D eigenvalue weighted by molar-refractivity contribution is 5.02. The summed E-state index contributed by atoms with van der Waals surface area (Å²) in [6, 6.07) is 0. The molecule has 0 radical (unpaired) electrons. The fraction of sp³-hybridized carbons (Fsp3) is 0.913. The Morgan fingerprint density at radius 3 is 2.17 bits per heavy atom. The molecular formula is C23H45N. The maximum absolute atomic E-state index is 6.98. The maximum Gasteiger partial charge on any atom is 0.0162 e. The van der Waals surface area contributed by atoms with Crippen molar-refractivity contribution >= 4 is 0 Å². The lowest BCUT2D eigenvalue weighted by Gasteiger charge is -2.48. The lowest BCUT2D eigenvalue weighted by molar-refractivity contribution is 0.0712. The van der Waals surface area contributed by atoms with Gasteiger partial charge in [0.1, 0.15) is 0 Å². The Balaban J connectivity index is 2.83. The average Bonchev–Trinajstić information content (AvgIpc) is 2.45. The molecule has 0 spiro atoms. The topological polar surface area (TPSA) is 26.0 Å². The van der Waals surface area contributed by atoms with Crippen LogP contribution < -0.4 is 5.73 Å². The van der Waals surface area contributed by atoms with Gasteiger partial charge in [-0.25, -0.2) is 0 Å². The number of hydrogen-bond donors (Lipinski definition) is 1. The third-order valence-corrected chi connectivity index (χ3v) is 6.71. The van der Waals surface area contributed by atoms with Gasteiger partial charge in [-0.15, -0.1) is 0 Å². The van der Waals surface area contributed by atoms with Gasteiger partial charge in [0.2, 0.25) is 0 Å². The minimum Gasteiger partial charge on any atom is -0.325 e. The highest BCUT2D eigenvalue weighted by Gasteiger charge is 2.42. The molecule has 0 aromatic rings. The van der Waals surface area contributed by atoms with E-state index in [0.717, 1.165) is 18.3 Å². The Morgan fingerprint density at radius 1 is 1.08 bits per heavy atom. The first-order valence-corrected chi connectivity index (χ1v) is 10.5. The second kappa shape index (κ2) is 8.88. The zero-order chi connectivity index (χ0) is 18.5. The Labute approximate surface area is 152 Å². The lowest BCUT2D eigenvalue weighted by Crippen LogP contribution is -2.52. The van der Waals surface area contributed by atoms with Gasteiger partial charge in [0.05, 0.1) is 0 Å². The minimum atomic E-state index is -0.0548. The van der Waals surface area contributed by atoms with Crippen molar-refractivity contribution in [2.24, 2.45) is 40.7 Å². The molecule has 0 aromatic heterocycles. The monoisotopic (exact) mass is 335 g/mol. The molecule has 0 aromatic carbocycles. The summed E-state index contributed by atoms with van der Waals surface area (Å²) in [6.45, 7) is 18.8. The van der Waals surface area contributed by atoms with Gasteiger partial charge >= 0.3 is 0 Å². The molecule has 1 fully saturated rings. The molecule has 1 heteroatoms. The molecule has 1 rings (SSSR count). The van der Waals surface area contributed by atoms with Crippen LogP contribution in [0, 0.1) is 35.0 Å². The van der Waals surface area contributed by atoms with Crippen LogP contribution in [0.5, 0.6) is 0 Å². The van der Waals surface area contributed by atoms with Crippen molar-refractivity contribution in [3.8, 4) is 0 Å². The van der Waals surface area contributed by atoms with Crippen molar-refractivity contribution in [1.29, 1.82) is 0 Å². The maximum atomic E-state index is 6.98. The van der Waals surface area contributed by atoms with Crippen LogP contribution in [0.15, 0.2) is 12.2 Å². The summed E-state index contributed by atoms with van der Waals surface area (Å²) in [5, 5.41) is 0. The van der Waals surface area contributed by atoms with Crippen molar-refractivity contribution in [3.05, 3.63) is 12.2 Å². The summed E-state index contributed by atoms with van der Waals surface area (Å²) in [5.74, 6) is 3.61. The summed E-state index contributed by atoms with van der Waals surface area (Å²) in [7, 11) is 0. The molecule has 0 saturated heterocycles. The molecule has 0 amide bonds. The Hall–Kier alpha value is -0.300. The second-order valence-electron chi connectivity index (χ2n) is 9.99. The van der Waals surface area contributed by atoms with Crippen molar-refractivity contribution < 1.29 is 0 Å². The fourth-order valence-electron chi connectivity index (χ4n) is 5.41. The van der Waals surface area contributed by atoms with Crippen LogP contribution in [0.25, 0.3) is 0 Å². The van der Waals surface area contributed by atoms with E-state index in [9.17, 15) is 0 Å². The highest BCUT2D eigenvalue weighted by atomic mass is 14.8. The van der Waals surface area contributed by atoms with E-state index in [1.807, 2.05) is 0 Å². The lowest BCUT2D eigenvalue weighted by atomic mass is 9.60. The quantitative estimate of drug-likeness (QED) is 0.484. The van der Waals surface area contributed by atoms with Gasteiger partial charge in [-0.05, 0) is 67.6 Å². The van der Waals surface area contributed by atoms with Crippen LogP contribution in [0.1, 0.15) is 93.9 Å². The van der Waals surface area contributed by atoms with Crippen LogP contribution in [-0.4, -0.2) is 5.54 Å². The molecule has 1 nitrogen and oxygen atoms in total. The van der Waals surface area contributed by atoms with Crippen LogP contribution in [0.2, 0.25) is 0 Å². The number of allylic oxidation sites excluding steroid dienone is 2. The molecule has 142 valence electrons. The molecule has 1 aliphatic rings. The summed E-state index contributed by atoms with van der Waals surface area (Å²) in [6.07, 6.45) is 12.6. The zero-order valence-corrected chi connectivity index (χ0v) is 17.9. The van der Waals surface area contributed by atoms with Gasteiger partial charge in [-0.1, -0.05) is 73.5 Å². The van der Waals surface area contributed by atoms with E-state index in [1.54, 1.807) is 0 Å². The van der Waals surface area contributed by atoms with Gasteiger partial charge in [-0.3, -0.25) is 0 Å². The molecule has 2 N–H and O–H groups in total. The first kappa shape index (κ1) is 21.7. The molecule has 24 heavy (non-hydrogen) atoms. The van der Waals surface area contributed by atoms with Crippen molar-refractivity contribution in [2.45, 2.75) is 99.5 Å². The average molecular weight is 336 g/mol. The first-order chi connectivity index (χ1) is 11.0. The molecule has 5 atom stereocenters. The van der Waals surface area contributed by atoms with Gasteiger partial charge in [0.25, 0.3) is 0 Å². The minimum absolute atomic E-state index is 0.0548. The molecular weight excluding hydrogens is 290 g/mol. The first-order valence-electron chi connectivity index (χ1n) is 10.5. The van der Waals surface area contributed by atoms with Crippen LogP contribution in [0.3, 0.4) is 0 Å². The van der Waals surface area contributed by atoms with E-state index in [1.165, 1.54) is 32.1 Å². The summed E-state index contributed by atoms with van der Waals surface area (Å²) in [4.78, 5) is 0. The fourth-order valence-corrected chi connectivity index (χ4v) is 5.41. The summed E-state index contributed by atoms with van der Waals surface area (Å²) in [5.41, 5.74) is 7.18. The van der Waals surface area contributed by atoms with E-state index in [4.69, 9.17) is 5.73 Å². The molecule has 1 aliphatic carbocycles. The van der Waals surface area contributed by atoms with E-state index < -0.39 is 0 Å². The predicted molar refractivity (Wildman–Crippen MR) is 109 cm³/mol. The van der Waals surface area contributed by atoms with Crippen molar-refractivity contribution in [2.75, 3.05) is 0 Å². The van der Waals surface area contributed by atoms with Gasteiger partial charge in [0, 0.05) is 5.54 Å². The standard InChI is InChI=1S/C23H45N/c1-9-19-12-14-21(18(5)15-19)23(8,24)16-22(6,7)20(10-2)13-11-17(3)4/h11,13,17-21H,9-10,12,14-16,24H2,1-8H3/b13-11-. The molecule has 0 heterocycles. The van der Waals surface area contributed by atoms with E-state index >= 15 is 0 Å². The summed E-state index contributed by atoms with van der Waals surface area (Å²) >= 11 is 0.